The van der Waals surface area contributed by atoms with E-state index in [0.717, 1.165) is 5.56 Å². The van der Waals surface area contributed by atoms with Crippen LogP contribution < -0.4 is 5.32 Å². The number of hydrogen-bond donors (Lipinski definition) is 1. The molecule has 0 spiro atoms. The topological polar surface area (TPSA) is 66.5 Å². The summed E-state index contributed by atoms with van der Waals surface area (Å²) in [6.45, 7) is 2.76. The zero-order valence-electron chi connectivity index (χ0n) is 12.9. The highest BCUT2D eigenvalue weighted by Gasteiger charge is 2.29. The lowest BCUT2D eigenvalue weighted by atomic mass is 9.97. The van der Waals surface area contributed by atoms with Gasteiger partial charge in [-0.2, -0.15) is 0 Å². The Balaban J connectivity index is 1.86. The number of amides is 1. The van der Waals surface area contributed by atoms with Crippen LogP contribution in [0.3, 0.4) is 0 Å². The predicted octanol–water partition coefficient (Wildman–Crippen LogP) is 2.67. The van der Waals surface area contributed by atoms with Crippen LogP contribution in [0, 0.1) is 5.92 Å². The standard InChI is InChI=1S/C15H20Cl2N2O3S/c1-2-23(21,22)19-7-5-11(6-8-19)15(20)18-10-12-3-4-13(16)9-14(12)17/h3-4,9,11H,2,5-8,10H2,1H3,(H,18,20). The maximum atomic E-state index is 12.2. The molecule has 128 valence electrons. The van der Waals surface area contributed by atoms with Gasteiger partial charge in [-0.15, -0.1) is 0 Å². The van der Waals surface area contributed by atoms with Crippen molar-refractivity contribution < 1.29 is 13.2 Å². The van der Waals surface area contributed by atoms with E-state index in [1.165, 1.54) is 4.31 Å². The quantitative estimate of drug-likeness (QED) is 0.856. The van der Waals surface area contributed by atoms with Crippen molar-refractivity contribution in [2.45, 2.75) is 26.3 Å². The molecule has 1 heterocycles. The summed E-state index contributed by atoms with van der Waals surface area (Å²) in [5, 5.41) is 3.93. The lowest BCUT2D eigenvalue weighted by Gasteiger charge is -2.30. The second-order valence-corrected chi connectivity index (χ2v) is 8.63. The molecule has 2 rings (SSSR count). The van der Waals surface area contributed by atoms with E-state index in [0.29, 0.717) is 42.5 Å². The summed E-state index contributed by atoms with van der Waals surface area (Å²) < 4.78 is 25.1. The fourth-order valence-corrected chi connectivity index (χ4v) is 4.18. The van der Waals surface area contributed by atoms with E-state index < -0.39 is 10.0 Å². The smallest absolute Gasteiger partial charge is 0.223 e. The third kappa shape index (κ3) is 4.83. The van der Waals surface area contributed by atoms with Gasteiger partial charge in [-0.1, -0.05) is 29.3 Å². The van der Waals surface area contributed by atoms with Gasteiger partial charge in [0.15, 0.2) is 0 Å². The number of sulfonamides is 1. The third-order valence-electron chi connectivity index (χ3n) is 4.05. The fraction of sp³-hybridized carbons (Fsp3) is 0.533. The Bertz CT molecular complexity index is 671. The Kier molecular flexibility index (Phi) is 6.31. The molecule has 0 unspecified atom stereocenters. The summed E-state index contributed by atoms with van der Waals surface area (Å²) in [6, 6.07) is 5.14. The van der Waals surface area contributed by atoms with E-state index in [9.17, 15) is 13.2 Å². The van der Waals surface area contributed by atoms with Crippen LogP contribution in [0.1, 0.15) is 25.3 Å². The van der Waals surface area contributed by atoms with Crippen molar-refractivity contribution in [2.75, 3.05) is 18.8 Å². The van der Waals surface area contributed by atoms with Gasteiger partial charge in [0.05, 0.1) is 5.75 Å². The van der Waals surface area contributed by atoms with Gasteiger partial charge in [-0.3, -0.25) is 4.79 Å². The molecule has 0 saturated carbocycles. The molecule has 1 aliphatic heterocycles. The largest absolute Gasteiger partial charge is 0.352 e. The highest BCUT2D eigenvalue weighted by atomic mass is 35.5. The molecule has 1 fully saturated rings. The van der Waals surface area contributed by atoms with Crippen LogP contribution in [0.15, 0.2) is 18.2 Å². The van der Waals surface area contributed by atoms with Gasteiger partial charge in [0.2, 0.25) is 15.9 Å². The van der Waals surface area contributed by atoms with Crippen molar-refractivity contribution in [3.63, 3.8) is 0 Å². The Hall–Kier alpha value is -0.820. The average Bonchev–Trinajstić information content (AvgIpc) is 2.54. The van der Waals surface area contributed by atoms with Crippen LogP contribution in [0.25, 0.3) is 0 Å². The summed E-state index contributed by atoms with van der Waals surface area (Å²) >= 11 is 11.9. The van der Waals surface area contributed by atoms with E-state index in [4.69, 9.17) is 23.2 Å². The van der Waals surface area contributed by atoms with E-state index in [1.807, 2.05) is 0 Å². The summed E-state index contributed by atoms with van der Waals surface area (Å²) in [4.78, 5) is 12.2. The lowest BCUT2D eigenvalue weighted by molar-refractivity contribution is -0.126. The molecular formula is C15H20Cl2N2O3S. The maximum absolute atomic E-state index is 12.2. The van der Waals surface area contributed by atoms with Gasteiger partial charge in [0, 0.05) is 35.6 Å². The predicted molar refractivity (Wildman–Crippen MR) is 92.1 cm³/mol. The van der Waals surface area contributed by atoms with Crippen LogP contribution in [0.4, 0.5) is 0 Å². The number of piperidine rings is 1. The molecule has 1 amide bonds. The Morgan fingerprint density at radius 1 is 1.30 bits per heavy atom. The average molecular weight is 379 g/mol. The minimum absolute atomic E-state index is 0.0652. The van der Waals surface area contributed by atoms with Crippen LogP contribution >= 0.6 is 23.2 Å². The second-order valence-electron chi connectivity index (χ2n) is 5.53. The summed E-state index contributed by atoms with van der Waals surface area (Å²) in [5.74, 6) is -0.132. The Morgan fingerprint density at radius 2 is 1.96 bits per heavy atom. The van der Waals surface area contributed by atoms with Crippen molar-refractivity contribution >= 4 is 39.1 Å². The van der Waals surface area contributed by atoms with E-state index in [-0.39, 0.29) is 17.6 Å². The maximum Gasteiger partial charge on any atom is 0.223 e. The highest BCUT2D eigenvalue weighted by molar-refractivity contribution is 7.89. The zero-order chi connectivity index (χ0) is 17.0. The molecule has 8 heteroatoms. The Labute approximate surface area is 147 Å². The monoisotopic (exact) mass is 378 g/mol. The minimum Gasteiger partial charge on any atom is -0.352 e. The molecule has 0 radical (unpaired) electrons. The van der Waals surface area contributed by atoms with Crippen molar-refractivity contribution in [1.29, 1.82) is 0 Å². The summed E-state index contributed by atoms with van der Waals surface area (Å²) in [6.07, 6.45) is 1.08. The van der Waals surface area contributed by atoms with Gasteiger partial charge < -0.3 is 5.32 Å². The minimum atomic E-state index is -3.16. The first-order chi connectivity index (χ1) is 10.8. The fourth-order valence-electron chi connectivity index (χ4n) is 2.57. The molecule has 1 aliphatic rings. The number of carbonyl (C=O) groups is 1. The van der Waals surface area contributed by atoms with Crippen molar-refractivity contribution in [3.8, 4) is 0 Å². The number of nitrogens with zero attached hydrogens (tertiary/aromatic N) is 1. The van der Waals surface area contributed by atoms with E-state index >= 15 is 0 Å². The molecule has 0 bridgehead atoms. The molecular weight excluding hydrogens is 359 g/mol. The van der Waals surface area contributed by atoms with E-state index in [2.05, 4.69) is 5.32 Å². The third-order valence-corrected chi connectivity index (χ3v) is 6.52. The molecule has 23 heavy (non-hydrogen) atoms. The number of carbonyl (C=O) groups excluding carboxylic acids is 1. The van der Waals surface area contributed by atoms with Crippen LogP contribution in [0.5, 0.6) is 0 Å². The van der Waals surface area contributed by atoms with Crippen molar-refractivity contribution in [1.82, 2.24) is 9.62 Å². The SMILES string of the molecule is CCS(=O)(=O)N1CCC(C(=O)NCc2ccc(Cl)cc2Cl)CC1. The van der Waals surface area contributed by atoms with Crippen molar-refractivity contribution in [2.24, 2.45) is 5.92 Å². The van der Waals surface area contributed by atoms with Crippen LogP contribution in [0.2, 0.25) is 10.0 Å². The van der Waals surface area contributed by atoms with Gasteiger partial charge in [0.25, 0.3) is 0 Å². The summed E-state index contributed by atoms with van der Waals surface area (Å²) in [7, 11) is -3.16. The number of benzene rings is 1. The molecule has 0 aliphatic carbocycles. The first-order valence-corrected chi connectivity index (χ1v) is 9.89. The first kappa shape index (κ1) is 18.5. The van der Waals surface area contributed by atoms with Crippen LogP contribution in [-0.4, -0.2) is 37.5 Å². The van der Waals surface area contributed by atoms with Gasteiger partial charge >= 0.3 is 0 Å². The number of hydrogen-bond acceptors (Lipinski definition) is 3. The zero-order valence-corrected chi connectivity index (χ0v) is 15.2. The van der Waals surface area contributed by atoms with Gasteiger partial charge in [-0.05, 0) is 37.5 Å². The van der Waals surface area contributed by atoms with Crippen LogP contribution in [-0.2, 0) is 21.4 Å². The van der Waals surface area contributed by atoms with Crippen molar-refractivity contribution in [3.05, 3.63) is 33.8 Å². The highest BCUT2D eigenvalue weighted by Crippen LogP contribution is 2.22. The van der Waals surface area contributed by atoms with Gasteiger partial charge in [0.1, 0.15) is 0 Å². The molecule has 0 aromatic heterocycles. The summed E-state index contributed by atoms with van der Waals surface area (Å²) in [5.41, 5.74) is 0.801. The molecule has 1 aromatic carbocycles. The first-order valence-electron chi connectivity index (χ1n) is 7.53. The lowest BCUT2D eigenvalue weighted by Crippen LogP contribution is -2.43. The Morgan fingerprint density at radius 3 is 2.52 bits per heavy atom. The molecule has 1 aromatic rings. The molecule has 1 N–H and O–H groups in total. The number of nitrogens with one attached hydrogen (secondary N) is 1. The molecule has 1 saturated heterocycles. The normalized spacial score (nSPS) is 17.2. The van der Waals surface area contributed by atoms with E-state index in [1.54, 1.807) is 25.1 Å². The molecule has 0 atom stereocenters. The number of halogens is 2. The number of rotatable bonds is 5. The van der Waals surface area contributed by atoms with Gasteiger partial charge in [-0.25, -0.2) is 12.7 Å². The molecule has 5 nitrogen and oxygen atoms in total. The second kappa shape index (κ2) is 7.83.